The minimum Gasteiger partial charge on any atom is -0.497 e. The number of nitrogens with one attached hydrogen (secondary N) is 2. The standard InChI is InChI=1S/C16H25N3O4/c1-19-6-7-23-11-12(10-19)9-17-16(20)18-14-5-4-13(21-2)8-15(14)22-3/h4-5,8,12H,6-7,9-11H2,1-3H3,(H2,17,18,20). The van der Waals surface area contributed by atoms with E-state index in [0.717, 1.165) is 19.7 Å². The molecule has 0 aromatic heterocycles. The Morgan fingerprint density at radius 3 is 2.96 bits per heavy atom. The highest BCUT2D eigenvalue weighted by Gasteiger charge is 2.17. The molecule has 1 atom stereocenters. The van der Waals surface area contributed by atoms with Gasteiger partial charge in [-0.2, -0.15) is 0 Å². The average molecular weight is 323 g/mol. The Kier molecular flexibility index (Phi) is 6.49. The van der Waals surface area contributed by atoms with Crippen molar-refractivity contribution in [1.29, 1.82) is 0 Å². The highest BCUT2D eigenvalue weighted by atomic mass is 16.5. The minimum atomic E-state index is -0.264. The maximum Gasteiger partial charge on any atom is 0.319 e. The van der Waals surface area contributed by atoms with Crippen LogP contribution >= 0.6 is 0 Å². The van der Waals surface area contributed by atoms with Gasteiger partial charge in [0, 0.05) is 31.6 Å². The third-order valence-electron chi connectivity index (χ3n) is 3.75. The van der Waals surface area contributed by atoms with Crippen LogP contribution in [0.2, 0.25) is 0 Å². The first-order valence-corrected chi connectivity index (χ1v) is 7.65. The van der Waals surface area contributed by atoms with Crippen molar-refractivity contribution in [1.82, 2.24) is 10.2 Å². The van der Waals surface area contributed by atoms with E-state index in [1.165, 1.54) is 0 Å². The predicted molar refractivity (Wildman–Crippen MR) is 88.4 cm³/mol. The second-order valence-corrected chi connectivity index (χ2v) is 5.60. The number of likely N-dealkylation sites (N-methyl/N-ethyl adjacent to an activating group) is 1. The number of rotatable bonds is 5. The third kappa shape index (κ3) is 5.30. The molecule has 7 nitrogen and oxygen atoms in total. The Labute approximate surface area is 136 Å². The van der Waals surface area contributed by atoms with E-state index in [1.54, 1.807) is 32.4 Å². The molecule has 0 bridgehead atoms. The van der Waals surface area contributed by atoms with E-state index in [9.17, 15) is 4.79 Å². The second kappa shape index (κ2) is 8.59. The molecule has 128 valence electrons. The number of urea groups is 1. The molecule has 2 rings (SSSR count). The number of benzene rings is 1. The first kappa shape index (κ1) is 17.4. The molecule has 1 aliphatic heterocycles. The second-order valence-electron chi connectivity index (χ2n) is 5.60. The summed E-state index contributed by atoms with van der Waals surface area (Å²) in [5.41, 5.74) is 0.597. The molecule has 1 aromatic carbocycles. The van der Waals surface area contributed by atoms with Gasteiger partial charge in [-0.25, -0.2) is 4.79 Å². The van der Waals surface area contributed by atoms with E-state index in [2.05, 4.69) is 22.6 Å². The zero-order chi connectivity index (χ0) is 16.7. The quantitative estimate of drug-likeness (QED) is 0.857. The van der Waals surface area contributed by atoms with E-state index in [0.29, 0.717) is 30.3 Å². The number of methoxy groups -OCH3 is 2. The summed E-state index contributed by atoms with van der Waals surface area (Å²) < 4.78 is 15.9. The number of ether oxygens (including phenoxy) is 3. The Morgan fingerprint density at radius 1 is 1.39 bits per heavy atom. The molecule has 7 heteroatoms. The van der Waals surface area contributed by atoms with Crippen LogP contribution < -0.4 is 20.1 Å². The van der Waals surface area contributed by atoms with E-state index in [-0.39, 0.29) is 11.9 Å². The zero-order valence-electron chi connectivity index (χ0n) is 13.9. The molecule has 0 aliphatic carbocycles. The van der Waals surface area contributed by atoms with Crippen molar-refractivity contribution in [3.8, 4) is 11.5 Å². The summed E-state index contributed by atoms with van der Waals surface area (Å²) in [6, 6.07) is 4.98. The Morgan fingerprint density at radius 2 is 2.22 bits per heavy atom. The van der Waals surface area contributed by atoms with Crippen molar-refractivity contribution in [2.24, 2.45) is 5.92 Å². The molecule has 1 aromatic rings. The largest absolute Gasteiger partial charge is 0.497 e. The first-order valence-electron chi connectivity index (χ1n) is 7.65. The van der Waals surface area contributed by atoms with E-state index >= 15 is 0 Å². The molecule has 1 aliphatic rings. The van der Waals surface area contributed by atoms with Crippen LogP contribution in [-0.2, 0) is 4.74 Å². The van der Waals surface area contributed by atoms with Crippen molar-refractivity contribution in [3.63, 3.8) is 0 Å². The van der Waals surface area contributed by atoms with Gasteiger partial charge >= 0.3 is 6.03 Å². The number of amides is 2. The summed E-state index contributed by atoms with van der Waals surface area (Å²) in [4.78, 5) is 14.3. The summed E-state index contributed by atoms with van der Waals surface area (Å²) in [6.07, 6.45) is 0. The summed E-state index contributed by atoms with van der Waals surface area (Å²) in [5.74, 6) is 1.51. The number of hydrogen-bond acceptors (Lipinski definition) is 5. The summed E-state index contributed by atoms with van der Waals surface area (Å²) >= 11 is 0. The molecule has 0 radical (unpaired) electrons. The first-order chi connectivity index (χ1) is 11.1. The van der Waals surface area contributed by atoms with Gasteiger partial charge in [-0.05, 0) is 19.2 Å². The third-order valence-corrected chi connectivity index (χ3v) is 3.75. The van der Waals surface area contributed by atoms with Gasteiger partial charge in [-0.15, -0.1) is 0 Å². The molecule has 1 heterocycles. The van der Waals surface area contributed by atoms with Crippen LogP contribution in [0.4, 0.5) is 10.5 Å². The SMILES string of the molecule is COc1ccc(NC(=O)NCC2COCCN(C)C2)c(OC)c1. The molecule has 2 amide bonds. The molecule has 1 fully saturated rings. The maximum absolute atomic E-state index is 12.1. The maximum atomic E-state index is 12.1. The van der Waals surface area contributed by atoms with Crippen molar-refractivity contribution in [2.45, 2.75) is 0 Å². The fraction of sp³-hybridized carbons (Fsp3) is 0.562. The van der Waals surface area contributed by atoms with Crippen LogP contribution in [0, 0.1) is 5.92 Å². The summed E-state index contributed by atoms with van der Waals surface area (Å²) in [6.45, 7) is 3.80. The van der Waals surface area contributed by atoms with Gasteiger partial charge in [0.1, 0.15) is 11.5 Å². The van der Waals surface area contributed by atoms with Gasteiger partial charge in [-0.3, -0.25) is 0 Å². The van der Waals surface area contributed by atoms with Crippen LogP contribution in [0.25, 0.3) is 0 Å². The van der Waals surface area contributed by atoms with Crippen molar-refractivity contribution in [3.05, 3.63) is 18.2 Å². The lowest BCUT2D eigenvalue weighted by Gasteiger charge is -2.19. The minimum absolute atomic E-state index is 0.264. The topological polar surface area (TPSA) is 72.1 Å². The summed E-state index contributed by atoms with van der Waals surface area (Å²) in [7, 11) is 5.20. The molecular formula is C16H25N3O4. The number of carbonyl (C=O) groups excluding carboxylic acids is 1. The predicted octanol–water partition coefficient (Wildman–Crippen LogP) is 1.40. The fourth-order valence-corrected chi connectivity index (χ4v) is 2.48. The van der Waals surface area contributed by atoms with Gasteiger partial charge in [-0.1, -0.05) is 0 Å². The van der Waals surface area contributed by atoms with Gasteiger partial charge in [0.15, 0.2) is 0 Å². The van der Waals surface area contributed by atoms with Crippen molar-refractivity contribution < 1.29 is 19.0 Å². The normalized spacial score (nSPS) is 18.8. The number of anilines is 1. The van der Waals surface area contributed by atoms with E-state index in [4.69, 9.17) is 14.2 Å². The molecule has 2 N–H and O–H groups in total. The van der Waals surface area contributed by atoms with E-state index < -0.39 is 0 Å². The van der Waals surface area contributed by atoms with Gasteiger partial charge in [0.2, 0.25) is 0 Å². The van der Waals surface area contributed by atoms with Gasteiger partial charge < -0.3 is 29.7 Å². The molecule has 0 spiro atoms. The number of carbonyl (C=O) groups is 1. The van der Waals surface area contributed by atoms with Crippen LogP contribution in [0.5, 0.6) is 11.5 Å². The van der Waals surface area contributed by atoms with Crippen LogP contribution in [-0.4, -0.2) is 65.0 Å². The Balaban J connectivity index is 1.87. The van der Waals surface area contributed by atoms with Crippen LogP contribution in [0.1, 0.15) is 0 Å². The lowest BCUT2D eigenvalue weighted by atomic mass is 10.1. The average Bonchev–Trinajstić information content (AvgIpc) is 2.77. The van der Waals surface area contributed by atoms with E-state index in [1.807, 2.05) is 0 Å². The van der Waals surface area contributed by atoms with Crippen molar-refractivity contribution >= 4 is 11.7 Å². The van der Waals surface area contributed by atoms with Crippen molar-refractivity contribution in [2.75, 3.05) is 59.4 Å². The monoisotopic (exact) mass is 323 g/mol. The number of hydrogen-bond donors (Lipinski definition) is 2. The lowest BCUT2D eigenvalue weighted by molar-refractivity contribution is 0.122. The lowest BCUT2D eigenvalue weighted by Crippen LogP contribution is -2.37. The fourth-order valence-electron chi connectivity index (χ4n) is 2.48. The summed E-state index contributed by atoms with van der Waals surface area (Å²) in [5, 5.41) is 5.68. The highest BCUT2D eigenvalue weighted by Crippen LogP contribution is 2.28. The van der Waals surface area contributed by atoms with Gasteiger partial charge in [0.05, 0.1) is 33.1 Å². The van der Waals surface area contributed by atoms with Crippen LogP contribution in [0.15, 0.2) is 18.2 Å². The Hall–Kier alpha value is -1.99. The highest BCUT2D eigenvalue weighted by molar-refractivity contribution is 5.91. The smallest absolute Gasteiger partial charge is 0.319 e. The molecule has 23 heavy (non-hydrogen) atoms. The molecular weight excluding hydrogens is 298 g/mol. The van der Waals surface area contributed by atoms with Gasteiger partial charge in [0.25, 0.3) is 0 Å². The van der Waals surface area contributed by atoms with Crippen LogP contribution in [0.3, 0.4) is 0 Å². The Bertz CT molecular complexity index is 524. The number of nitrogens with zero attached hydrogens (tertiary/aromatic N) is 1. The zero-order valence-corrected chi connectivity index (χ0v) is 13.9. The molecule has 1 unspecified atom stereocenters. The molecule has 1 saturated heterocycles. The molecule has 0 saturated carbocycles.